The standard InChI is InChI=1S/C7H10BrN3/c1-9-3-2-7-10-4-6(8)5-11-7/h4-5,9H,2-3H2,1H3. The lowest BCUT2D eigenvalue weighted by atomic mass is 10.4. The first-order valence-corrected chi connectivity index (χ1v) is 4.23. The lowest BCUT2D eigenvalue weighted by Crippen LogP contribution is -2.11. The Bertz CT molecular complexity index is 209. The predicted octanol–water partition coefficient (Wildman–Crippen LogP) is 1.00. The summed E-state index contributed by atoms with van der Waals surface area (Å²) in [6.45, 7) is 0.918. The zero-order chi connectivity index (χ0) is 8.10. The first kappa shape index (κ1) is 8.62. The van der Waals surface area contributed by atoms with Crippen LogP contribution in [0.2, 0.25) is 0 Å². The first-order chi connectivity index (χ1) is 5.33. The van der Waals surface area contributed by atoms with Crippen molar-refractivity contribution < 1.29 is 0 Å². The SMILES string of the molecule is CNCCc1ncc(Br)cn1. The van der Waals surface area contributed by atoms with E-state index in [1.807, 2.05) is 7.05 Å². The van der Waals surface area contributed by atoms with Crippen molar-refractivity contribution in [1.82, 2.24) is 15.3 Å². The number of likely N-dealkylation sites (N-methyl/N-ethyl adjacent to an activating group) is 1. The zero-order valence-corrected chi connectivity index (χ0v) is 7.93. The number of hydrogen-bond acceptors (Lipinski definition) is 3. The van der Waals surface area contributed by atoms with Gasteiger partial charge in [0.1, 0.15) is 5.82 Å². The van der Waals surface area contributed by atoms with Gasteiger partial charge in [-0.3, -0.25) is 0 Å². The molecule has 0 aliphatic rings. The van der Waals surface area contributed by atoms with Crippen LogP contribution in [0.4, 0.5) is 0 Å². The van der Waals surface area contributed by atoms with Crippen LogP contribution >= 0.6 is 15.9 Å². The number of nitrogens with zero attached hydrogens (tertiary/aromatic N) is 2. The Morgan fingerprint density at radius 1 is 1.45 bits per heavy atom. The predicted molar refractivity (Wildman–Crippen MR) is 47.4 cm³/mol. The van der Waals surface area contributed by atoms with Crippen molar-refractivity contribution in [2.45, 2.75) is 6.42 Å². The maximum atomic E-state index is 4.12. The van der Waals surface area contributed by atoms with Crippen molar-refractivity contribution in [2.24, 2.45) is 0 Å². The number of hydrogen-bond donors (Lipinski definition) is 1. The van der Waals surface area contributed by atoms with Crippen LogP contribution in [-0.4, -0.2) is 23.6 Å². The van der Waals surface area contributed by atoms with Gasteiger partial charge in [-0.1, -0.05) is 0 Å². The van der Waals surface area contributed by atoms with E-state index in [1.54, 1.807) is 12.4 Å². The van der Waals surface area contributed by atoms with Gasteiger partial charge >= 0.3 is 0 Å². The van der Waals surface area contributed by atoms with Gasteiger partial charge in [-0.2, -0.15) is 0 Å². The summed E-state index contributed by atoms with van der Waals surface area (Å²) in [6, 6.07) is 0. The molecule has 0 aliphatic carbocycles. The van der Waals surface area contributed by atoms with Gasteiger partial charge in [0.15, 0.2) is 0 Å². The molecule has 0 aliphatic heterocycles. The van der Waals surface area contributed by atoms with Crippen molar-refractivity contribution in [3.05, 3.63) is 22.7 Å². The third-order valence-corrected chi connectivity index (χ3v) is 1.68. The van der Waals surface area contributed by atoms with Crippen LogP contribution in [-0.2, 0) is 6.42 Å². The molecule has 11 heavy (non-hydrogen) atoms. The topological polar surface area (TPSA) is 37.8 Å². The molecular formula is C7H10BrN3. The molecule has 1 rings (SSSR count). The molecule has 1 heterocycles. The molecule has 0 fully saturated rings. The second-order valence-electron chi connectivity index (χ2n) is 2.17. The summed E-state index contributed by atoms with van der Waals surface area (Å²) in [5.41, 5.74) is 0. The van der Waals surface area contributed by atoms with Crippen LogP contribution in [0.1, 0.15) is 5.82 Å². The highest BCUT2D eigenvalue weighted by Gasteiger charge is 1.93. The Morgan fingerprint density at radius 3 is 2.64 bits per heavy atom. The molecular weight excluding hydrogens is 206 g/mol. The number of rotatable bonds is 3. The van der Waals surface area contributed by atoms with Gasteiger partial charge in [0.25, 0.3) is 0 Å². The molecule has 0 unspecified atom stereocenters. The van der Waals surface area contributed by atoms with Gasteiger partial charge in [0.05, 0.1) is 4.47 Å². The minimum Gasteiger partial charge on any atom is -0.319 e. The third kappa shape index (κ3) is 2.95. The Labute approximate surface area is 74.4 Å². The van der Waals surface area contributed by atoms with Crippen molar-refractivity contribution in [1.29, 1.82) is 0 Å². The van der Waals surface area contributed by atoms with Crippen molar-refractivity contribution in [3.8, 4) is 0 Å². The van der Waals surface area contributed by atoms with Crippen molar-refractivity contribution in [3.63, 3.8) is 0 Å². The molecule has 0 saturated carbocycles. The normalized spacial score (nSPS) is 10.0. The maximum absolute atomic E-state index is 4.12. The summed E-state index contributed by atoms with van der Waals surface area (Å²) < 4.78 is 0.922. The minimum atomic E-state index is 0.877. The van der Waals surface area contributed by atoms with Crippen LogP contribution in [0.25, 0.3) is 0 Å². The molecule has 0 saturated heterocycles. The quantitative estimate of drug-likeness (QED) is 0.818. The van der Waals surface area contributed by atoms with Gasteiger partial charge in [0.2, 0.25) is 0 Å². The Balaban J connectivity index is 2.52. The first-order valence-electron chi connectivity index (χ1n) is 3.44. The number of halogens is 1. The molecule has 0 bridgehead atoms. The molecule has 0 radical (unpaired) electrons. The lowest BCUT2D eigenvalue weighted by molar-refractivity contribution is 0.754. The molecule has 1 aromatic rings. The van der Waals surface area contributed by atoms with Crippen molar-refractivity contribution in [2.75, 3.05) is 13.6 Å². The fourth-order valence-corrected chi connectivity index (χ4v) is 0.910. The minimum absolute atomic E-state index is 0.877. The highest BCUT2D eigenvalue weighted by molar-refractivity contribution is 9.10. The second kappa shape index (κ2) is 4.41. The van der Waals surface area contributed by atoms with Gasteiger partial charge < -0.3 is 5.32 Å². The van der Waals surface area contributed by atoms with Gasteiger partial charge in [-0.25, -0.2) is 9.97 Å². The Kier molecular flexibility index (Phi) is 3.45. The summed E-state index contributed by atoms with van der Waals surface area (Å²) in [5.74, 6) is 0.877. The van der Waals surface area contributed by atoms with E-state index in [0.29, 0.717) is 0 Å². The van der Waals surface area contributed by atoms with E-state index in [4.69, 9.17) is 0 Å². The van der Waals surface area contributed by atoms with E-state index >= 15 is 0 Å². The zero-order valence-electron chi connectivity index (χ0n) is 6.34. The summed E-state index contributed by atoms with van der Waals surface area (Å²) in [5, 5.41) is 3.04. The molecule has 60 valence electrons. The van der Waals surface area contributed by atoms with Crippen LogP contribution in [0.15, 0.2) is 16.9 Å². The second-order valence-corrected chi connectivity index (χ2v) is 3.09. The fourth-order valence-electron chi connectivity index (χ4n) is 0.705. The number of aromatic nitrogens is 2. The summed E-state index contributed by atoms with van der Waals surface area (Å²) in [4.78, 5) is 8.24. The molecule has 0 amide bonds. The molecule has 1 N–H and O–H groups in total. The van der Waals surface area contributed by atoms with Gasteiger partial charge in [0, 0.05) is 25.4 Å². The lowest BCUT2D eigenvalue weighted by Gasteiger charge is -1.97. The van der Waals surface area contributed by atoms with Crippen LogP contribution in [0.3, 0.4) is 0 Å². The van der Waals surface area contributed by atoms with E-state index in [0.717, 1.165) is 23.3 Å². The van der Waals surface area contributed by atoms with E-state index in [1.165, 1.54) is 0 Å². The van der Waals surface area contributed by atoms with E-state index in [2.05, 4.69) is 31.2 Å². The van der Waals surface area contributed by atoms with E-state index < -0.39 is 0 Å². The monoisotopic (exact) mass is 215 g/mol. The smallest absolute Gasteiger partial charge is 0.129 e. The van der Waals surface area contributed by atoms with E-state index in [-0.39, 0.29) is 0 Å². The highest BCUT2D eigenvalue weighted by Crippen LogP contribution is 2.03. The largest absolute Gasteiger partial charge is 0.319 e. The van der Waals surface area contributed by atoms with Crippen LogP contribution < -0.4 is 5.32 Å². The summed E-state index contributed by atoms with van der Waals surface area (Å²) in [7, 11) is 1.92. The summed E-state index contributed by atoms with van der Waals surface area (Å²) in [6.07, 6.45) is 4.40. The highest BCUT2D eigenvalue weighted by atomic mass is 79.9. The Hall–Kier alpha value is -0.480. The maximum Gasteiger partial charge on any atom is 0.129 e. The Morgan fingerprint density at radius 2 is 2.09 bits per heavy atom. The molecule has 4 heteroatoms. The van der Waals surface area contributed by atoms with E-state index in [9.17, 15) is 0 Å². The van der Waals surface area contributed by atoms with Gasteiger partial charge in [-0.05, 0) is 23.0 Å². The molecule has 3 nitrogen and oxygen atoms in total. The average Bonchev–Trinajstić information content (AvgIpc) is 2.04. The number of nitrogens with one attached hydrogen (secondary N) is 1. The summed E-state index contributed by atoms with van der Waals surface area (Å²) >= 11 is 3.27. The molecule has 0 aromatic carbocycles. The molecule has 0 atom stereocenters. The van der Waals surface area contributed by atoms with Gasteiger partial charge in [-0.15, -0.1) is 0 Å². The molecule has 0 spiro atoms. The third-order valence-electron chi connectivity index (χ3n) is 1.27. The average molecular weight is 216 g/mol. The molecule has 1 aromatic heterocycles. The van der Waals surface area contributed by atoms with Crippen molar-refractivity contribution >= 4 is 15.9 Å². The van der Waals surface area contributed by atoms with Crippen LogP contribution in [0.5, 0.6) is 0 Å². The van der Waals surface area contributed by atoms with Crippen LogP contribution in [0, 0.1) is 0 Å². The fraction of sp³-hybridized carbons (Fsp3) is 0.429.